The number of carbonyl (C=O) groups excluding carboxylic acids is 1. The van der Waals surface area contributed by atoms with Crippen LogP contribution in [0.5, 0.6) is 0 Å². The maximum atomic E-state index is 12.3. The number of rotatable bonds is 4. The molecule has 0 spiro atoms. The highest BCUT2D eigenvalue weighted by Gasteiger charge is 2.27. The molecule has 3 aromatic rings. The Kier molecular flexibility index (Phi) is 6.40. The van der Waals surface area contributed by atoms with Crippen LogP contribution in [-0.4, -0.2) is 55.7 Å². The molecule has 32 heavy (non-hydrogen) atoms. The van der Waals surface area contributed by atoms with Crippen LogP contribution in [0.1, 0.15) is 33.6 Å². The maximum Gasteiger partial charge on any atom is 0.410 e. The number of nitrogens with zero attached hydrogens (tertiary/aromatic N) is 5. The maximum absolute atomic E-state index is 12.3. The van der Waals surface area contributed by atoms with Crippen molar-refractivity contribution in [3.05, 3.63) is 41.3 Å². The van der Waals surface area contributed by atoms with Crippen LogP contribution < -0.4 is 10.6 Å². The minimum Gasteiger partial charge on any atom is -0.444 e. The summed E-state index contributed by atoms with van der Waals surface area (Å²) < 4.78 is 6.43. The largest absolute Gasteiger partial charge is 0.444 e. The Morgan fingerprint density at radius 3 is 2.69 bits per heavy atom. The summed E-state index contributed by atoms with van der Waals surface area (Å²) in [5.41, 5.74) is 1.69. The van der Waals surface area contributed by atoms with Crippen molar-refractivity contribution in [2.45, 2.75) is 45.3 Å². The molecule has 0 saturated carbocycles. The van der Waals surface area contributed by atoms with E-state index in [-0.39, 0.29) is 12.1 Å². The van der Waals surface area contributed by atoms with E-state index in [1.54, 1.807) is 11.1 Å². The minimum atomic E-state index is -0.491. The summed E-state index contributed by atoms with van der Waals surface area (Å²) in [5.74, 6) is 1.12. The van der Waals surface area contributed by atoms with Crippen molar-refractivity contribution in [3.8, 4) is 0 Å². The number of hydrogen-bond acceptors (Lipinski definition) is 8. The molecule has 1 aromatic carbocycles. The van der Waals surface area contributed by atoms with Gasteiger partial charge < -0.3 is 20.3 Å². The van der Waals surface area contributed by atoms with Crippen LogP contribution in [-0.2, 0) is 4.74 Å². The van der Waals surface area contributed by atoms with E-state index in [4.69, 9.17) is 4.74 Å². The number of anilines is 3. The van der Waals surface area contributed by atoms with E-state index in [0.29, 0.717) is 35.9 Å². The van der Waals surface area contributed by atoms with Crippen molar-refractivity contribution in [1.82, 2.24) is 24.8 Å². The van der Waals surface area contributed by atoms with Gasteiger partial charge in [0.25, 0.3) is 0 Å². The third-order valence-corrected chi connectivity index (χ3v) is 5.44. The Labute approximate surface area is 195 Å². The molecule has 3 heterocycles. The number of ether oxygens (including phenoxy) is 1. The average molecular weight is 500 g/mol. The molecule has 0 aliphatic carbocycles. The van der Waals surface area contributed by atoms with Crippen molar-refractivity contribution in [1.29, 1.82) is 0 Å². The zero-order valence-corrected chi connectivity index (χ0v) is 19.9. The molecule has 0 bridgehead atoms. The zero-order chi connectivity index (χ0) is 22.7. The van der Waals surface area contributed by atoms with Gasteiger partial charge in [-0.1, -0.05) is 22.0 Å². The molecule has 168 valence electrons. The normalized spacial score (nSPS) is 14.9. The molecule has 0 unspecified atom stereocenters. The highest BCUT2D eigenvalue weighted by Crippen LogP contribution is 2.24. The van der Waals surface area contributed by atoms with Gasteiger partial charge in [-0.3, -0.25) is 0 Å². The fraction of sp³-hybridized carbons (Fsp3) is 0.409. The summed E-state index contributed by atoms with van der Waals surface area (Å²) in [6.45, 7) is 6.87. The van der Waals surface area contributed by atoms with Crippen molar-refractivity contribution >= 4 is 50.5 Å². The van der Waals surface area contributed by atoms with Crippen LogP contribution in [0.15, 0.2) is 41.3 Å². The van der Waals surface area contributed by atoms with Gasteiger partial charge in [0.1, 0.15) is 23.0 Å². The second-order valence-electron chi connectivity index (χ2n) is 8.67. The predicted molar refractivity (Wildman–Crippen MR) is 127 cm³/mol. The summed E-state index contributed by atoms with van der Waals surface area (Å²) in [4.78, 5) is 31.7. The molecular formula is C22H26BrN7O2. The van der Waals surface area contributed by atoms with Gasteiger partial charge in [-0.05, 0) is 51.8 Å². The number of likely N-dealkylation sites (tertiary alicyclic amines) is 1. The first-order valence-corrected chi connectivity index (χ1v) is 11.3. The Morgan fingerprint density at radius 2 is 1.97 bits per heavy atom. The molecule has 1 aliphatic rings. The molecule has 9 nitrogen and oxygen atoms in total. The fourth-order valence-electron chi connectivity index (χ4n) is 3.43. The van der Waals surface area contributed by atoms with Crippen LogP contribution in [0.3, 0.4) is 0 Å². The van der Waals surface area contributed by atoms with Gasteiger partial charge in [0.2, 0.25) is 5.95 Å². The summed E-state index contributed by atoms with van der Waals surface area (Å²) >= 11 is 3.48. The van der Waals surface area contributed by atoms with Gasteiger partial charge in [-0.25, -0.2) is 24.7 Å². The van der Waals surface area contributed by atoms with Crippen LogP contribution in [0.25, 0.3) is 11.0 Å². The quantitative estimate of drug-likeness (QED) is 0.530. The van der Waals surface area contributed by atoms with E-state index in [1.165, 1.54) is 6.33 Å². The first kappa shape index (κ1) is 22.2. The Hall–Kier alpha value is -3.01. The van der Waals surface area contributed by atoms with Crippen LogP contribution in [0.4, 0.5) is 22.2 Å². The summed E-state index contributed by atoms with van der Waals surface area (Å²) in [7, 11) is 0. The predicted octanol–water partition coefficient (Wildman–Crippen LogP) is 4.74. The minimum absolute atomic E-state index is 0.164. The van der Waals surface area contributed by atoms with Crippen LogP contribution in [0, 0.1) is 0 Å². The highest BCUT2D eigenvalue weighted by molar-refractivity contribution is 9.10. The number of benzene rings is 1. The summed E-state index contributed by atoms with van der Waals surface area (Å²) in [6.07, 6.45) is 4.49. The topological polar surface area (TPSA) is 105 Å². The van der Waals surface area contributed by atoms with Crippen molar-refractivity contribution in [2.24, 2.45) is 0 Å². The van der Waals surface area contributed by atoms with Crippen molar-refractivity contribution in [2.75, 3.05) is 23.7 Å². The van der Waals surface area contributed by atoms with E-state index in [2.05, 4.69) is 46.5 Å². The van der Waals surface area contributed by atoms with E-state index in [0.717, 1.165) is 23.0 Å². The number of hydrogen-bond donors (Lipinski definition) is 2. The number of nitrogens with one attached hydrogen (secondary N) is 2. The lowest BCUT2D eigenvalue weighted by Gasteiger charge is -2.33. The standard InChI is InChI=1S/C22H26BrN7O2/c1-22(2,3)32-21(31)30-9-7-15(8-10-30)28-20-24-12-17-18(29-20)19(26-13-25-17)27-16-6-4-5-14(23)11-16/h4-6,11-13,15H,7-10H2,1-3H3,(H,24,28,29)(H,25,26,27). The van der Waals surface area contributed by atoms with E-state index in [9.17, 15) is 4.79 Å². The highest BCUT2D eigenvalue weighted by atomic mass is 79.9. The molecule has 0 atom stereocenters. The first-order chi connectivity index (χ1) is 15.3. The number of fused-ring (bicyclic) bond motifs is 1. The molecule has 2 aromatic heterocycles. The number of amides is 1. The number of aromatic nitrogens is 4. The lowest BCUT2D eigenvalue weighted by molar-refractivity contribution is 0.0210. The third-order valence-electron chi connectivity index (χ3n) is 4.94. The van der Waals surface area contributed by atoms with Crippen LogP contribution >= 0.6 is 15.9 Å². The van der Waals surface area contributed by atoms with Gasteiger partial charge in [0, 0.05) is 29.3 Å². The van der Waals surface area contributed by atoms with Gasteiger partial charge in [-0.15, -0.1) is 0 Å². The molecule has 1 amide bonds. The number of piperidine rings is 1. The second-order valence-corrected chi connectivity index (χ2v) is 9.59. The molecule has 10 heteroatoms. The fourth-order valence-corrected chi connectivity index (χ4v) is 3.83. The Balaban J connectivity index is 1.44. The zero-order valence-electron chi connectivity index (χ0n) is 18.3. The molecule has 4 rings (SSSR count). The van der Waals surface area contributed by atoms with Gasteiger partial charge in [0.05, 0.1) is 6.20 Å². The molecule has 1 fully saturated rings. The molecule has 2 N–H and O–H groups in total. The SMILES string of the molecule is CC(C)(C)OC(=O)N1CCC(Nc2ncc3ncnc(Nc4cccc(Br)c4)c3n2)CC1. The monoisotopic (exact) mass is 499 g/mol. The van der Waals surface area contributed by atoms with Crippen LogP contribution in [0.2, 0.25) is 0 Å². The van der Waals surface area contributed by atoms with Gasteiger partial charge in [0.15, 0.2) is 5.82 Å². The smallest absolute Gasteiger partial charge is 0.410 e. The van der Waals surface area contributed by atoms with Crippen molar-refractivity contribution in [3.63, 3.8) is 0 Å². The Morgan fingerprint density at radius 1 is 1.19 bits per heavy atom. The number of carbonyl (C=O) groups is 1. The third kappa shape index (κ3) is 5.61. The summed E-state index contributed by atoms with van der Waals surface area (Å²) in [6, 6.07) is 7.99. The lowest BCUT2D eigenvalue weighted by atomic mass is 10.1. The first-order valence-electron chi connectivity index (χ1n) is 10.5. The van der Waals surface area contributed by atoms with E-state index < -0.39 is 5.60 Å². The average Bonchev–Trinajstić information content (AvgIpc) is 2.73. The van der Waals surface area contributed by atoms with E-state index >= 15 is 0 Å². The van der Waals surface area contributed by atoms with Crippen molar-refractivity contribution < 1.29 is 9.53 Å². The van der Waals surface area contributed by atoms with Gasteiger partial charge in [-0.2, -0.15) is 0 Å². The molecular weight excluding hydrogens is 474 g/mol. The summed E-state index contributed by atoms with van der Waals surface area (Å²) in [5, 5.41) is 6.69. The van der Waals surface area contributed by atoms with Gasteiger partial charge >= 0.3 is 6.09 Å². The molecule has 1 saturated heterocycles. The number of halogens is 1. The lowest BCUT2D eigenvalue weighted by Crippen LogP contribution is -2.44. The molecule has 1 aliphatic heterocycles. The molecule has 0 radical (unpaired) electrons. The second kappa shape index (κ2) is 9.23. The Bertz CT molecular complexity index is 1110. The van der Waals surface area contributed by atoms with E-state index in [1.807, 2.05) is 45.0 Å².